The molecule has 0 atom stereocenters. The molecule has 0 aromatic heterocycles. The Labute approximate surface area is 119 Å². The summed E-state index contributed by atoms with van der Waals surface area (Å²) in [7, 11) is -7.23. The fraction of sp³-hybridized carbons (Fsp3) is 0.455. The molecule has 0 amide bonds. The van der Waals surface area contributed by atoms with Crippen LogP contribution in [-0.4, -0.2) is 35.7 Å². The Morgan fingerprint density at radius 3 is 2.40 bits per heavy atom. The number of benzene rings is 1. The second kappa shape index (κ2) is 6.53. The van der Waals surface area contributed by atoms with Crippen molar-refractivity contribution in [1.82, 2.24) is 9.44 Å². The lowest BCUT2D eigenvalue weighted by atomic mass is 10.2. The molecule has 1 aromatic carbocycles. The normalized spacial score (nSPS) is 12.5. The molecule has 0 radical (unpaired) electrons. The first-order valence-electron chi connectivity index (χ1n) is 6.01. The van der Waals surface area contributed by atoms with Crippen molar-refractivity contribution in [3.8, 4) is 0 Å². The molecule has 114 valence electrons. The molecular weight excluding hydrogens is 302 g/mol. The van der Waals surface area contributed by atoms with Crippen LogP contribution >= 0.6 is 0 Å². The maximum Gasteiger partial charge on any atom is 0.240 e. The average molecular weight is 321 g/mol. The molecule has 0 spiro atoms. The molecule has 0 fully saturated rings. The summed E-state index contributed by atoms with van der Waals surface area (Å²) in [5.41, 5.74) is 6.44. The van der Waals surface area contributed by atoms with Crippen LogP contribution in [0.4, 0.5) is 5.69 Å². The van der Waals surface area contributed by atoms with Gasteiger partial charge in [-0.05, 0) is 24.6 Å². The Kier molecular flexibility index (Phi) is 5.51. The number of nitrogen functional groups attached to an aromatic ring is 1. The van der Waals surface area contributed by atoms with Crippen molar-refractivity contribution in [2.24, 2.45) is 0 Å². The first-order chi connectivity index (χ1) is 9.18. The second-order valence-corrected chi connectivity index (χ2v) is 7.90. The van der Waals surface area contributed by atoms with Crippen molar-refractivity contribution in [3.63, 3.8) is 0 Å². The van der Waals surface area contributed by atoms with Gasteiger partial charge in [0.05, 0.1) is 10.6 Å². The van der Waals surface area contributed by atoms with Gasteiger partial charge in [0.15, 0.2) is 0 Å². The van der Waals surface area contributed by atoms with E-state index in [2.05, 4.69) is 9.44 Å². The highest BCUT2D eigenvalue weighted by Gasteiger charge is 2.18. The van der Waals surface area contributed by atoms with E-state index in [1.807, 2.05) is 0 Å². The number of sulfonamides is 2. The number of nitrogens with one attached hydrogen (secondary N) is 2. The predicted octanol–water partition coefficient (Wildman–Crippen LogP) is -0.205. The molecule has 9 heteroatoms. The minimum Gasteiger partial charge on any atom is -0.399 e. The van der Waals surface area contributed by atoms with E-state index in [-0.39, 0.29) is 23.7 Å². The fourth-order valence-electron chi connectivity index (χ4n) is 1.59. The Balaban J connectivity index is 2.79. The smallest absolute Gasteiger partial charge is 0.240 e. The number of rotatable bonds is 7. The van der Waals surface area contributed by atoms with Gasteiger partial charge in [-0.15, -0.1) is 0 Å². The van der Waals surface area contributed by atoms with Crippen molar-refractivity contribution in [2.75, 3.05) is 24.6 Å². The predicted molar refractivity (Wildman–Crippen MR) is 78.2 cm³/mol. The quantitative estimate of drug-likeness (QED) is 0.601. The SMILES string of the molecule is CCNS(=O)(=O)CCNS(=O)(=O)c1cc(N)ccc1C. The molecule has 0 aliphatic rings. The summed E-state index contributed by atoms with van der Waals surface area (Å²) in [6.45, 7) is 3.36. The summed E-state index contributed by atoms with van der Waals surface area (Å²) in [5.74, 6) is -0.318. The average Bonchev–Trinajstić information content (AvgIpc) is 2.31. The lowest BCUT2D eigenvalue weighted by Crippen LogP contribution is -2.34. The third kappa shape index (κ3) is 4.75. The Morgan fingerprint density at radius 1 is 1.15 bits per heavy atom. The Hall–Kier alpha value is -1.16. The van der Waals surface area contributed by atoms with E-state index in [0.29, 0.717) is 11.3 Å². The minimum absolute atomic E-state index is 0.0540. The van der Waals surface area contributed by atoms with E-state index in [0.717, 1.165) is 0 Å². The third-order valence-electron chi connectivity index (χ3n) is 2.53. The molecule has 0 saturated carbocycles. The van der Waals surface area contributed by atoms with Crippen LogP contribution in [0.15, 0.2) is 23.1 Å². The van der Waals surface area contributed by atoms with Gasteiger partial charge in [-0.3, -0.25) is 0 Å². The highest BCUT2D eigenvalue weighted by molar-refractivity contribution is 7.90. The highest BCUT2D eigenvalue weighted by atomic mass is 32.2. The molecule has 1 rings (SSSR count). The summed E-state index contributed by atoms with van der Waals surface area (Å²) in [4.78, 5) is 0.0540. The van der Waals surface area contributed by atoms with Crippen LogP contribution in [0.25, 0.3) is 0 Å². The number of aryl methyl sites for hydroxylation is 1. The van der Waals surface area contributed by atoms with Crippen molar-refractivity contribution in [2.45, 2.75) is 18.7 Å². The topological polar surface area (TPSA) is 118 Å². The number of hydrogen-bond acceptors (Lipinski definition) is 5. The molecule has 20 heavy (non-hydrogen) atoms. The molecule has 0 bridgehead atoms. The largest absolute Gasteiger partial charge is 0.399 e. The zero-order valence-corrected chi connectivity index (χ0v) is 13.0. The van der Waals surface area contributed by atoms with Gasteiger partial charge < -0.3 is 5.73 Å². The summed E-state index contributed by atoms with van der Waals surface area (Å²) in [6, 6.07) is 4.54. The maximum atomic E-state index is 12.1. The summed E-state index contributed by atoms with van der Waals surface area (Å²) < 4.78 is 51.5. The summed E-state index contributed by atoms with van der Waals surface area (Å²) in [5, 5.41) is 0. The maximum absolute atomic E-state index is 12.1. The number of anilines is 1. The van der Waals surface area contributed by atoms with E-state index in [4.69, 9.17) is 5.73 Å². The fourth-order valence-corrected chi connectivity index (χ4v) is 3.98. The molecule has 0 heterocycles. The first kappa shape index (κ1) is 16.9. The summed E-state index contributed by atoms with van der Waals surface area (Å²) >= 11 is 0. The molecule has 0 unspecified atom stereocenters. The van der Waals surface area contributed by atoms with Crippen molar-refractivity contribution < 1.29 is 16.8 Å². The molecular formula is C11H19N3O4S2. The highest BCUT2D eigenvalue weighted by Crippen LogP contribution is 2.17. The molecule has 7 nitrogen and oxygen atoms in total. The molecule has 0 aliphatic carbocycles. The van der Waals surface area contributed by atoms with Crippen molar-refractivity contribution in [1.29, 1.82) is 0 Å². The molecule has 1 aromatic rings. The third-order valence-corrected chi connectivity index (χ3v) is 5.60. The van der Waals surface area contributed by atoms with E-state index in [9.17, 15) is 16.8 Å². The van der Waals surface area contributed by atoms with Crippen LogP contribution in [0.5, 0.6) is 0 Å². The molecule has 0 saturated heterocycles. The monoisotopic (exact) mass is 321 g/mol. The van der Waals surface area contributed by atoms with E-state index in [1.54, 1.807) is 26.0 Å². The van der Waals surface area contributed by atoms with Crippen molar-refractivity contribution in [3.05, 3.63) is 23.8 Å². The molecule has 0 aliphatic heterocycles. The van der Waals surface area contributed by atoms with E-state index in [1.165, 1.54) is 6.07 Å². The van der Waals surface area contributed by atoms with Gasteiger partial charge in [-0.2, -0.15) is 0 Å². The number of hydrogen-bond donors (Lipinski definition) is 3. The zero-order valence-electron chi connectivity index (χ0n) is 11.4. The second-order valence-electron chi connectivity index (χ2n) is 4.24. The van der Waals surface area contributed by atoms with Gasteiger partial charge in [0.25, 0.3) is 0 Å². The lowest BCUT2D eigenvalue weighted by Gasteiger charge is -2.10. The standard InChI is InChI=1S/C11H19N3O4S2/c1-3-13-19(15,16)7-6-14-20(17,18)11-8-10(12)5-4-9(11)2/h4-5,8,13-14H,3,6-7,12H2,1-2H3. The number of nitrogens with two attached hydrogens (primary N) is 1. The van der Waals surface area contributed by atoms with Gasteiger partial charge >= 0.3 is 0 Å². The zero-order chi connectivity index (χ0) is 15.4. The van der Waals surface area contributed by atoms with Gasteiger partial charge in [-0.1, -0.05) is 13.0 Å². The van der Waals surface area contributed by atoms with Crippen LogP contribution in [0.1, 0.15) is 12.5 Å². The van der Waals surface area contributed by atoms with Gasteiger partial charge in [-0.25, -0.2) is 26.3 Å². The Morgan fingerprint density at radius 2 is 1.80 bits per heavy atom. The summed E-state index contributed by atoms with van der Waals surface area (Å²) in [6.07, 6.45) is 0. The van der Waals surface area contributed by atoms with Gasteiger partial charge in [0.1, 0.15) is 0 Å². The molecule has 4 N–H and O–H groups in total. The van der Waals surface area contributed by atoms with Crippen LogP contribution in [-0.2, 0) is 20.0 Å². The van der Waals surface area contributed by atoms with E-state index >= 15 is 0 Å². The lowest BCUT2D eigenvalue weighted by molar-refractivity contribution is 0.576. The Bertz CT molecular complexity index is 669. The first-order valence-corrected chi connectivity index (χ1v) is 9.14. The van der Waals surface area contributed by atoms with Crippen LogP contribution < -0.4 is 15.2 Å². The van der Waals surface area contributed by atoms with E-state index < -0.39 is 20.0 Å². The van der Waals surface area contributed by atoms with Crippen LogP contribution in [0.2, 0.25) is 0 Å². The van der Waals surface area contributed by atoms with Gasteiger partial charge in [0.2, 0.25) is 20.0 Å². The van der Waals surface area contributed by atoms with Crippen LogP contribution in [0.3, 0.4) is 0 Å². The minimum atomic E-state index is -3.77. The van der Waals surface area contributed by atoms with Gasteiger partial charge in [0, 0.05) is 18.8 Å². The van der Waals surface area contributed by atoms with Crippen molar-refractivity contribution >= 4 is 25.7 Å². The van der Waals surface area contributed by atoms with Crippen LogP contribution in [0, 0.1) is 6.92 Å².